The number of benzene rings is 1. The van der Waals surface area contributed by atoms with Gasteiger partial charge in [-0.25, -0.2) is 8.42 Å². The Morgan fingerprint density at radius 2 is 2.08 bits per heavy atom. The van der Waals surface area contributed by atoms with Gasteiger partial charge in [-0.3, -0.25) is 10.1 Å². The zero-order valence-electron chi connectivity index (χ0n) is 14.4. The number of hydrogen-bond acceptors (Lipinski definition) is 6. The second kappa shape index (κ2) is 7.48. The number of rotatable bonds is 6. The van der Waals surface area contributed by atoms with Crippen molar-refractivity contribution in [1.29, 1.82) is 0 Å². The Kier molecular flexibility index (Phi) is 5.82. The molecule has 0 N–H and O–H groups in total. The molecule has 8 heteroatoms. The first-order valence-electron chi connectivity index (χ1n) is 8.10. The van der Waals surface area contributed by atoms with E-state index in [-0.39, 0.29) is 10.6 Å². The van der Waals surface area contributed by atoms with Crippen molar-refractivity contribution in [3.8, 4) is 0 Å². The lowest BCUT2D eigenvalue weighted by atomic mass is 10.00. The molecule has 0 amide bonds. The maximum absolute atomic E-state index is 11.9. The van der Waals surface area contributed by atoms with E-state index in [2.05, 4.69) is 11.9 Å². The summed E-state index contributed by atoms with van der Waals surface area (Å²) in [6.07, 6.45) is 5.64. The van der Waals surface area contributed by atoms with Crippen LogP contribution in [0.25, 0.3) is 0 Å². The zero-order chi connectivity index (χ0) is 17.9. The molecule has 7 nitrogen and oxygen atoms in total. The van der Waals surface area contributed by atoms with Crippen LogP contribution in [0.2, 0.25) is 0 Å². The van der Waals surface area contributed by atoms with E-state index in [1.54, 1.807) is 6.07 Å². The molecule has 0 aliphatic carbocycles. The van der Waals surface area contributed by atoms with Crippen molar-refractivity contribution in [3.63, 3.8) is 0 Å². The first-order chi connectivity index (χ1) is 11.2. The molecule has 24 heavy (non-hydrogen) atoms. The molecule has 1 aromatic carbocycles. The highest BCUT2D eigenvalue weighted by Crippen LogP contribution is 2.29. The van der Waals surface area contributed by atoms with Gasteiger partial charge in [0.1, 0.15) is 4.90 Å². The molecule has 1 saturated heterocycles. The zero-order valence-corrected chi connectivity index (χ0v) is 15.3. The highest BCUT2D eigenvalue weighted by molar-refractivity contribution is 7.90. The van der Waals surface area contributed by atoms with Crippen molar-refractivity contribution in [2.24, 2.45) is 0 Å². The van der Waals surface area contributed by atoms with Gasteiger partial charge in [0.25, 0.3) is 5.69 Å². The highest BCUT2D eigenvalue weighted by atomic mass is 32.2. The molecule has 1 atom stereocenters. The summed E-state index contributed by atoms with van der Waals surface area (Å²) < 4.78 is 23.7. The SMILES string of the molecule is CN(CCC1CCCCN1C)c1ccc([N+](=O)[O-])c(S(C)(=O)=O)c1. The first-order valence-corrected chi connectivity index (χ1v) is 9.99. The van der Waals surface area contributed by atoms with Crippen molar-refractivity contribution in [1.82, 2.24) is 4.90 Å². The number of piperidine rings is 1. The average Bonchev–Trinajstić information content (AvgIpc) is 2.52. The van der Waals surface area contributed by atoms with Crippen LogP contribution in [0.3, 0.4) is 0 Å². The van der Waals surface area contributed by atoms with Crippen LogP contribution in [0.15, 0.2) is 23.1 Å². The van der Waals surface area contributed by atoms with Crippen molar-refractivity contribution in [3.05, 3.63) is 28.3 Å². The molecular weight excluding hydrogens is 330 g/mol. The lowest BCUT2D eigenvalue weighted by molar-refractivity contribution is -0.387. The van der Waals surface area contributed by atoms with Gasteiger partial charge in [0.05, 0.1) is 4.92 Å². The number of nitro benzene ring substituents is 1. The fourth-order valence-corrected chi connectivity index (χ4v) is 4.03. The van der Waals surface area contributed by atoms with Crippen LogP contribution < -0.4 is 4.90 Å². The van der Waals surface area contributed by atoms with E-state index in [0.29, 0.717) is 11.7 Å². The van der Waals surface area contributed by atoms with Gasteiger partial charge in [-0.1, -0.05) is 6.42 Å². The molecule has 0 radical (unpaired) electrons. The van der Waals surface area contributed by atoms with Gasteiger partial charge in [-0.15, -0.1) is 0 Å². The third kappa shape index (κ3) is 4.45. The maximum atomic E-state index is 11.9. The van der Waals surface area contributed by atoms with Gasteiger partial charge >= 0.3 is 0 Å². The summed E-state index contributed by atoms with van der Waals surface area (Å²) in [6, 6.07) is 4.82. The lowest BCUT2D eigenvalue weighted by Gasteiger charge is -2.34. The molecule has 0 aromatic heterocycles. The van der Waals surface area contributed by atoms with E-state index >= 15 is 0 Å². The normalized spacial score (nSPS) is 19.2. The van der Waals surface area contributed by atoms with Crippen molar-refractivity contribution in [2.45, 2.75) is 36.6 Å². The first kappa shape index (κ1) is 18.7. The molecule has 0 saturated carbocycles. The van der Waals surface area contributed by atoms with Gasteiger partial charge in [0, 0.05) is 37.6 Å². The van der Waals surface area contributed by atoms with Gasteiger partial charge in [-0.2, -0.15) is 0 Å². The Labute approximate surface area is 143 Å². The van der Waals surface area contributed by atoms with E-state index in [4.69, 9.17) is 0 Å². The van der Waals surface area contributed by atoms with Crippen LogP contribution in [0.5, 0.6) is 0 Å². The molecular formula is C16H25N3O4S. The van der Waals surface area contributed by atoms with E-state index in [0.717, 1.165) is 25.8 Å². The number of likely N-dealkylation sites (tertiary alicyclic amines) is 1. The van der Waals surface area contributed by atoms with E-state index < -0.39 is 14.8 Å². The Hall–Kier alpha value is -1.67. The molecule has 1 unspecified atom stereocenters. The van der Waals surface area contributed by atoms with Gasteiger partial charge in [-0.05, 0) is 45.0 Å². The summed E-state index contributed by atoms with van der Waals surface area (Å²) in [7, 11) is 0.366. The summed E-state index contributed by atoms with van der Waals surface area (Å²) in [5, 5.41) is 11.0. The molecule has 1 aromatic rings. The molecule has 1 aliphatic rings. The minimum Gasteiger partial charge on any atom is -0.374 e. The summed E-state index contributed by atoms with van der Waals surface area (Å²) in [4.78, 5) is 14.5. The van der Waals surface area contributed by atoms with Crippen LogP contribution in [0.4, 0.5) is 11.4 Å². The Balaban J connectivity index is 2.14. The lowest BCUT2D eigenvalue weighted by Crippen LogP contribution is -2.38. The topological polar surface area (TPSA) is 83.8 Å². The molecule has 1 fully saturated rings. The van der Waals surface area contributed by atoms with Gasteiger partial charge < -0.3 is 9.80 Å². The summed E-state index contributed by atoms with van der Waals surface area (Å²) in [6.45, 7) is 1.89. The largest absolute Gasteiger partial charge is 0.374 e. The summed E-state index contributed by atoms with van der Waals surface area (Å²) >= 11 is 0. The van der Waals surface area contributed by atoms with E-state index in [9.17, 15) is 18.5 Å². The molecule has 1 heterocycles. The predicted molar refractivity (Wildman–Crippen MR) is 94.4 cm³/mol. The third-order valence-corrected chi connectivity index (χ3v) is 5.83. The molecule has 134 valence electrons. The summed E-state index contributed by atoms with van der Waals surface area (Å²) in [5.41, 5.74) is 0.307. The quantitative estimate of drug-likeness (QED) is 0.575. The number of nitro groups is 1. The Morgan fingerprint density at radius 3 is 2.67 bits per heavy atom. The van der Waals surface area contributed by atoms with Crippen LogP contribution in [0.1, 0.15) is 25.7 Å². The minimum absolute atomic E-state index is 0.230. The van der Waals surface area contributed by atoms with Crippen molar-refractivity contribution < 1.29 is 13.3 Å². The van der Waals surface area contributed by atoms with Crippen LogP contribution >= 0.6 is 0 Å². The fourth-order valence-electron chi connectivity index (χ4n) is 3.17. The predicted octanol–water partition coefficient (Wildman–Crippen LogP) is 2.31. The van der Waals surface area contributed by atoms with Gasteiger partial charge in [0.15, 0.2) is 9.84 Å². The van der Waals surface area contributed by atoms with Crippen molar-refractivity contribution >= 4 is 21.2 Å². The third-order valence-electron chi connectivity index (χ3n) is 4.70. The second-order valence-corrected chi connectivity index (χ2v) is 8.51. The molecule has 2 rings (SSSR count). The van der Waals surface area contributed by atoms with Crippen LogP contribution in [-0.2, 0) is 9.84 Å². The average molecular weight is 355 g/mol. The smallest absolute Gasteiger partial charge is 0.288 e. The monoisotopic (exact) mass is 355 g/mol. The Morgan fingerprint density at radius 1 is 1.38 bits per heavy atom. The number of anilines is 1. The van der Waals surface area contributed by atoms with Crippen molar-refractivity contribution in [2.75, 3.05) is 38.3 Å². The summed E-state index contributed by atoms with van der Waals surface area (Å²) in [5.74, 6) is 0. The maximum Gasteiger partial charge on any atom is 0.288 e. The Bertz CT molecular complexity index is 705. The number of hydrogen-bond donors (Lipinski definition) is 0. The fraction of sp³-hybridized carbons (Fsp3) is 0.625. The van der Waals surface area contributed by atoms with E-state index in [1.807, 2.05) is 11.9 Å². The van der Waals surface area contributed by atoms with Crippen LogP contribution in [-0.4, -0.2) is 57.7 Å². The number of sulfone groups is 1. The molecule has 0 spiro atoms. The van der Waals surface area contributed by atoms with Gasteiger partial charge in [0.2, 0.25) is 0 Å². The number of nitrogens with zero attached hydrogens (tertiary/aromatic N) is 3. The molecule has 0 bridgehead atoms. The minimum atomic E-state index is -3.66. The van der Waals surface area contributed by atoms with Crippen LogP contribution in [0, 0.1) is 10.1 Å². The second-order valence-electron chi connectivity index (χ2n) is 6.52. The standard InChI is InChI=1S/C16H25N3O4S/c1-17-10-5-4-6-13(17)9-11-18(2)14-7-8-15(19(20)21)16(12-14)24(3,22)23/h7-8,12-13H,4-6,9-11H2,1-3H3. The highest BCUT2D eigenvalue weighted by Gasteiger charge is 2.24. The van der Waals surface area contributed by atoms with E-state index in [1.165, 1.54) is 31.4 Å². The molecule has 1 aliphatic heterocycles.